The molecule has 1 heterocycles. The molecule has 0 amide bonds. The van der Waals surface area contributed by atoms with Crippen LogP contribution in [0.15, 0.2) is 23.0 Å². The molecule has 0 aliphatic carbocycles. The SMILES string of the molecule is [NH-]CCCNc1ccc2c(=O)[nH][nH]c2c1.[Y]. The summed E-state index contributed by atoms with van der Waals surface area (Å²) in [5.41, 5.74) is 8.68. The molecule has 2 rings (SSSR count). The molecule has 1 aromatic carbocycles. The van der Waals surface area contributed by atoms with Gasteiger partial charge in [0.05, 0.1) is 10.9 Å². The van der Waals surface area contributed by atoms with Crippen molar-refractivity contribution in [2.75, 3.05) is 18.4 Å². The van der Waals surface area contributed by atoms with E-state index in [1.165, 1.54) is 0 Å². The van der Waals surface area contributed by atoms with Crippen LogP contribution in [0, 0.1) is 0 Å². The van der Waals surface area contributed by atoms with Gasteiger partial charge in [0.1, 0.15) is 0 Å². The van der Waals surface area contributed by atoms with Crippen molar-refractivity contribution in [2.24, 2.45) is 0 Å². The summed E-state index contributed by atoms with van der Waals surface area (Å²) in [5.74, 6) is 0. The van der Waals surface area contributed by atoms with Gasteiger partial charge in [0.2, 0.25) is 0 Å². The zero-order valence-electron chi connectivity index (χ0n) is 8.84. The molecular formula is C10H13N4OY-. The van der Waals surface area contributed by atoms with Crippen molar-refractivity contribution >= 4 is 16.6 Å². The van der Waals surface area contributed by atoms with E-state index in [0.717, 1.165) is 24.2 Å². The van der Waals surface area contributed by atoms with Crippen LogP contribution in [0.1, 0.15) is 6.42 Å². The third kappa shape index (κ3) is 2.93. The Morgan fingerprint density at radius 1 is 1.31 bits per heavy atom. The van der Waals surface area contributed by atoms with E-state index in [9.17, 15) is 4.79 Å². The normalized spacial score (nSPS) is 10.1. The zero-order valence-corrected chi connectivity index (χ0v) is 11.7. The van der Waals surface area contributed by atoms with E-state index in [4.69, 9.17) is 5.73 Å². The van der Waals surface area contributed by atoms with Crippen LogP contribution in [0.25, 0.3) is 16.6 Å². The van der Waals surface area contributed by atoms with Crippen LogP contribution in [0.2, 0.25) is 0 Å². The molecule has 0 saturated carbocycles. The fraction of sp³-hybridized carbons (Fsp3) is 0.300. The fourth-order valence-electron chi connectivity index (χ4n) is 1.47. The van der Waals surface area contributed by atoms with Crippen LogP contribution < -0.4 is 10.9 Å². The van der Waals surface area contributed by atoms with Crippen molar-refractivity contribution in [3.63, 3.8) is 0 Å². The van der Waals surface area contributed by atoms with Crippen LogP contribution in [0.3, 0.4) is 0 Å². The van der Waals surface area contributed by atoms with E-state index >= 15 is 0 Å². The summed E-state index contributed by atoms with van der Waals surface area (Å²) in [6, 6.07) is 5.54. The molecule has 1 radical (unpaired) electrons. The molecule has 0 spiro atoms. The molecule has 0 atom stereocenters. The van der Waals surface area contributed by atoms with Crippen molar-refractivity contribution in [1.82, 2.24) is 10.2 Å². The van der Waals surface area contributed by atoms with Gasteiger partial charge in [-0.1, -0.05) is 6.42 Å². The van der Waals surface area contributed by atoms with Crippen molar-refractivity contribution in [3.05, 3.63) is 34.3 Å². The number of benzene rings is 1. The van der Waals surface area contributed by atoms with Crippen LogP contribution >= 0.6 is 0 Å². The molecule has 0 aliphatic heterocycles. The van der Waals surface area contributed by atoms with Crippen LogP contribution in [0.4, 0.5) is 5.69 Å². The Morgan fingerprint density at radius 2 is 2.12 bits per heavy atom. The molecular weight excluding hydrogens is 281 g/mol. The van der Waals surface area contributed by atoms with Gasteiger partial charge in [-0.25, -0.2) is 0 Å². The number of aromatic amines is 2. The Hall–Kier alpha value is -0.646. The minimum absolute atomic E-state index is 0. The predicted molar refractivity (Wildman–Crippen MR) is 61.2 cm³/mol. The van der Waals surface area contributed by atoms with E-state index < -0.39 is 0 Å². The zero-order chi connectivity index (χ0) is 10.7. The summed E-state index contributed by atoms with van der Waals surface area (Å²) < 4.78 is 0. The summed E-state index contributed by atoms with van der Waals surface area (Å²) in [4.78, 5) is 11.2. The number of rotatable bonds is 4. The van der Waals surface area contributed by atoms with Gasteiger partial charge < -0.3 is 11.1 Å². The molecule has 4 N–H and O–H groups in total. The third-order valence-corrected chi connectivity index (χ3v) is 2.26. The Bertz CT molecular complexity index is 505. The second kappa shape index (κ2) is 6.18. The average molecular weight is 294 g/mol. The van der Waals surface area contributed by atoms with Gasteiger partial charge in [-0.2, -0.15) is 0 Å². The van der Waals surface area contributed by atoms with Crippen molar-refractivity contribution in [3.8, 4) is 0 Å². The fourth-order valence-corrected chi connectivity index (χ4v) is 1.47. The molecule has 0 saturated heterocycles. The molecule has 16 heavy (non-hydrogen) atoms. The Balaban J connectivity index is 0.00000128. The first kappa shape index (κ1) is 13.4. The number of aromatic nitrogens is 2. The molecule has 0 fully saturated rings. The Kier molecular flexibility index (Phi) is 5.18. The van der Waals surface area contributed by atoms with E-state index in [1.807, 2.05) is 12.1 Å². The number of anilines is 1. The van der Waals surface area contributed by atoms with E-state index in [1.54, 1.807) is 6.07 Å². The molecule has 83 valence electrons. The number of hydrogen-bond acceptors (Lipinski definition) is 2. The van der Waals surface area contributed by atoms with Crippen LogP contribution in [0.5, 0.6) is 0 Å². The maximum atomic E-state index is 11.2. The van der Waals surface area contributed by atoms with Gasteiger partial charge in [-0.15, -0.1) is 6.54 Å². The minimum Gasteiger partial charge on any atom is -0.677 e. The minimum atomic E-state index is -0.0947. The topological polar surface area (TPSA) is 84.5 Å². The molecule has 0 bridgehead atoms. The molecule has 2 aromatic rings. The summed E-state index contributed by atoms with van der Waals surface area (Å²) in [6.45, 7) is 1.21. The first-order valence-corrected chi connectivity index (χ1v) is 4.90. The van der Waals surface area contributed by atoms with Gasteiger partial charge in [0, 0.05) is 44.9 Å². The smallest absolute Gasteiger partial charge is 0.271 e. The van der Waals surface area contributed by atoms with Gasteiger partial charge in [0.15, 0.2) is 0 Å². The molecule has 0 unspecified atom stereocenters. The summed E-state index contributed by atoms with van der Waals surface area (Å²) in [5, 5.41) is 9.20. The molecule has 1 aromatic heterocycles. The maximum Gasteiger partial charge on any atom is 0.271 e. The third-order valence-electron chi connectivity index (χ3n) is 2.26. The summed E-state index contributed by atoms with van der Waals surface area (Å²) in [7, 11) is 0. The van der Waals surface area contributed by atoms with Crippen molar-refractivity contribution < 1.29 is 32.7 Å². The van der Waals surface area contributed by atoms with Crippen LogP contribution in [-0.4, -0.2) is 23.3 Å². The Morgan fingerprint density at radius 3 is 2.88 bits per heavy atom. The number of fused-ring (bicyclic) bond motifs is 1. The van der Waals surface area contributed by atoms with E-state index in [2.05, 4.69) is 15.5 Å². The number of hydrogen-bond donors (Lipinski definition) is 3. The standard InChI is InChI=1S/C10H13N4O.Y/c11-4-1-5-12-7-2-3-8-9(6-7)13-14-10(8)15;/h2-3,6,11-12H,1,4-5H2,(H2,13,14,15);/q-1;. The van der Waals surface area contributed by atoms with Crippen LogP contribution in [-0.2, 0) is 32.7 Å². The maximum absolute atomic E-state index is 11.2. The largest absolute Gasteiger partial charge is 0.677 e. The summed E-state index contributed by atoms with van der Waals surface area (Å²) in [6.07, 6.45) is 0.821. The number of H-pyrrole nitrogens is 2. The molecule has 5 nitrogen and oxygen atoms in total. The molecule has 0 aliphatic rings. The summed E-state index contributed by atoms with van der Waals surface area (Å²) >= 11 is 0. The number of nitrogens with one attached hydrogen (secondary N) is 4. The van der Waals surface area contributed by atoms with Gasteiger partial charge in [-0.05, 0) is 18.2 Å². The van der Waals surface area contributed by atoms with E-state index in [0.29, 0.717) is 11.9 Å². The first-order valence-electron chi connectivity index (χ1n) is 4.90. The van der Waals surface area contributed by atoms with Crippen molar-refractivity contribution in [2.45, 2.75) is 6.42 Å². The predicted octanol–water partition coefficient (Wildman–Crippen LogP) is 1.71. The second-order valence-corrected chi connectivity index (χ2v) is 3.37. The van der Waals surface area contributed by atoms with E-state index in [-0.39, 0.29) is 38.3 Å². The molecule has 6 heteroatoms. The average Bonchev–Trinajstić information content (AvgIpc) is 2.61. The monoisotopic (exact) mass is 294 g/mol. The van der Waals surface area contributed by atoms with Gasteiger partial charge in [-0.3, -0.25) is 15.0 Å². The Labute approximate surface area is 118 Å². The van der Waals surface area contributed by atoms with Crippen molar-refractivity contribution in [1.29, 1.82) is 0 Å². The first-order chi connectivity index (χ1) is 7.31. The quantitative estimate of drug-likeness (QED) is 0.750. The van der Waals surface area contributed by atoms with Gasteiger partial charge >= 0.3 is 0 Å². The van der Waals surface area contributed by atoms with Gasteiger partial charge in [0.25, 0.3) is 5.56 Å². The second-order valence-electron chi connectivity index (χ2n) is 3.37.